The summed E-state index contributed by atoms with van der Waals surface area (Å²) in [4.78, 5) is 12.1. The molecule has 0 aromatic rings. The summed E-state index contributed by atoms with van der Waals surface area (Å²) in [5, 5.41) is 135. The molecule has 0 aliphatic carbocycles. The first-order valence-electron chi connectivity index (χ1n) is 14.9. The predicted molar refractivity (Wildman–Crippen MR) is 146 cm³/mol. The van der Waals surface area contributed by atoms with E-state index in [1.54, 1.807) is 0 Å². The third kappa shape index (κ3) is 9.09. The minimum absolute atomic E-state index is 0.769. The zero-order valence-electron chi connectivity index (χ0n) is 25.5. The molecule has 47 heavy (non-hydrogen) atoms. The minimum atomic E-state index is -2.03. The van der Waals surface area contributed by atoms with Gasteiger partial charge in [-0.25, -0.2) is 0 Å². The van der Waals surface area contributed by atoms with Gasteiger partial charge in [-0.15, -0.1) is 0 Å². The van der Waals surface area contributed by atoms with Crippen LogP contribution in [0.25, 0.3) is 0 Å². The molecule has 19 atom stereocenters. The second-order valence-corrected chi connectivity index (χ2v) is 11.6. The van der Waals surface area contributed by atoms with Crippen LogP contribution in [0.15, 0.2) is 0 Å². The lowest BCUT2D eigenvalue weighted by Crippen LogP contribution is -2.69. The molecule has 0 spiro atoms. The Hall–Kier alpha value is -1.29. The number of rotatable bonds is 14. The van der Waals surface area contributed by atoms with Crippen molar-refractivity contribution >= 4 is 5.91 Å². The number of hydrogen-bond acceptors (Lipinski definition) is 20. The standard InChI is InChI=1S/C26H47NO20/c1-7-14(35)18(39)20(41)25(42-7)47-23-19(40)16(37)11(5-30)43-26(23)46-22-12(6-31)44-24(13(17(22)38)27-8(2)32)45-21(10(34)4-29)15(36)9(33)3-28/h7,9-26,28-31,33-41H,3-6H2,1-2H3,(H,27,32)/t7-,9+,10-,11+,12+,13+,14+,15-,16-,17+,18+,19-,20-,21+,22+,23+,24-,25-,26-/m0/s1. The normalized spacial score (nSPS) is 43.9. The Morgan fingerprint density at radius 3 is 1.81 bits per heavy atom. The third-order valence-electron chi connectivity index (χ3n) is 8.21. The number of aliphatic hydroxyl groups is 13. The average Bonchev–Trinajstić information content (AvgIpc) is 3.05. The van der Waals surface area contributed by atoms with E-state index in [9.17, 15) is 71.2 Å². The van der Waals surface area contributed by atoms with Gasteiger partial charge in [0.15, 0.2) is 18.9 Å². The van der Waals surface area contributed by atoms with Crippen LogP contribution in [0.2, 0.25) is 0 Å². The highest BCUT2D eigenvalue weighted by atomic mass is 16.8. The molecule has 1 amide bonds. The number of ether oxygens (including phenoxy) is 6. The van der Waals surface area contributed by atoms with Crippen molar-refractivity contribution in [2.24, 2.45) is 0 Å². The number of carbonyl (C=O) groups is 1. The van der Waals surface area contributed by atoms with Crippen molar-refractivity contribution in [3.8, 4) is 0 Å². The molecule has 0 saturated carbocycles. The van der Waals surface area contributed by atoms with Gasteiger partial charge in [0.1, 0.15) is 91.5 Å². The lowest BCUT2D eigenvalue weighted by molar-refractivity contribution is -0.384. The second kappa shape index (κ2) is 17.6. The largest absolute Gasteiger partial charge is 0.394 e. The molecular formula is C26H47NO20. The smallest absolute Gasteiger partial charge is 0.217 e. The van der Waals surface area contributed by atoms with Crippen LogP contribution in [0, 0.1) is 0 Å². The minimum Gasteiger partial charge on any atom is -0.394 e. The van der Waals surface area contributed by atoms with Crippen molar-refractivity contribution in [1.29, 1.82) is 0 Å². The van der Waals surface area contributed by atoms with Crippen molar-refractivity contribution in [3.63, 3.8) is 0 Å². The highest BCUT2D eigenvalue weighted by molar-refractivity contribution is 5.73. The summed E-state index contributed by atoms with van der Waals surface area (Å²) in [7, 11) is 0. The Morgan fingerprint density at radius 1 is 0.681 bits per heavy atom. The van der Waals surface area contributed by atoms with Crippen molar-refractivity contribution in [1.82, 2.24) is 5.32 Å². The van der Waals surface area contributed by atoms with Gasteiger partial charge in [0.05, 0.1) is 32.5 Å². The number of amides is 1. The summed E-state index contributed by atoms with van der Waals surface area (Å²) in [6, 6.07) is -1.64. The zero-order valence-corrected chi connectivity index (χ0v) is 25.5. The fourth-order valence-electron chi connectivity index (χ4n) is 5.47. The van der Waals surface area contributed by atoms with Gasteiger partial charge in [-0.3, -0.25) is 4.79 Å². The number of hydrogen-bond donors (Lipinski definition) is 14. The topological polar surface area (TPSA) is 347 Å². The molecule has 3 rings (SSSR count). The quantitative estimate of drug-likeness (QED) is 0.0803. The summed E-state index contributed by atoms with van der Waals surface area (Å²) in [6.45, 7) is -1.40. The second-order valence-electron chi connectivity index (χ2n) is 11.6. The van der Waals surface area contributed by atoms with Crippen LogP contribution in [0.3, 0.4) is 0 Å². The van der Waals surface area contributed by atoms with Crippen molar-refractivity contribution < 1.29 is 99.6 Å². The summed E-state index contributed by atoms with van der Waals surface area (Å²) in [6.07, 6.45) is -31.6. The third-order valence-corrected chi connectivity index (χ3v) is 8.21. The average molecular weight is 694 g/mol. The van der Waals surface area contributed by atoms with E-state index in [0.29, 0.717) is 0 Å². The van der Waals surface area contributed by atoms with E-state index in [1.807, 2.05) is 0 Å². The molecule has 276 valence electrons. The van der Waals surface area contributed by atoms with Crippen LogP contribution in [-0.2, 0) is 33.2 Å². The molecular weight excluding hydrogens is 646 g/mol. The first-order chi connectivity index (χ1) is 22.1. The molecule has 0 aromatic carbocycles. The molecule has 0 aromatic heterocycles. The van der Waals surface area contributed by atoms with E-state index in [0.717, 1.165) is 6.92 Å². The van der Waals surface area contributed by atoms with Gasteiger partial charge in [0, 0.05) is 6.92 Å². The molecule has 14 N–H and O–H groups in total. The molecule has 3 heterocycles. The van der Waals surface area contributed by atoms with Crippen LogP contribution in [0.1, 0.15) is 13.8 Å². The summed E-state index contributed by atoms with van der Waals surface area (Å²) in [5.41, 5.74) is 0. The predicted octanol–water partition coefficient (Wildman–Crippen LogP) is -8.94. The highest BCUT2D eigenvalue weighted by Crippen LogP contribution is 2.33. The van der Waals surface area contributed by atoms with Crippen LogP contribution in [0.4, 0.5) is 0 Å². The van der Waals surface area contributed by atoms with E-state index >= 15 is 0 Å². The molecule has 3 aliphatic rings. The Bertz CT molecular complexity index is 967. The first-order valence-corrected chi connectivity index (χ1v) is 14.9. The van der Waals surface area contributed by atoms with Gasteiger partial charge in [0.2, 0.25) is 5.91 Å². The van der Waals surface area contributed by atoms with Gasteiger partial charge in [0.25, 0.3) is 0 Å². The van der Waals surface area contributed by atoms with E-state index in [2.05, 4.69) is 5.32 Å². The maximum Gasteiger partial charge on any atom is 0.217 e. The van der Waals surface area contributed by atoms with Gasteiger partial charge in [-0.2, -0.15) is 0 Å². The summed E-state index contributed by atoms with van der Waals surface area (Å²) < 4.78 is 33.8. The zero-order chi connectivity index (χ0) is 35.3. The molecule has 3 fully saturated rings. The van der Waals surface area contributed by atoms with E-state index in [-0.39, 0.29) is 0 Å². The van der Waals surface area contributed by atoms with Gasteiger partial charge < -0.3 is 100 Å². The highest BCUT2D eigenvalue weighted by Gasteiger charge is 2.54. The molecule has 0 unspecified atom stereocenters. The fourth-order valence-corrected chi connectivity index (χ4v) is 5.47. The summed E-state index contributed by atoms with van der Waals surface area (Å²) in [5.74, 6) is -0.769. The molecule has 0 radical (unpaired) electrons. The van der Waals surface area contributed by atoms with Crippen LogP contribution < -0.4 is 5.32 Å². The maximum absolute atomic E-state index is 12.1. The van der Waals surface area contributed by atoms with Crippen molar-refractivity contribution in [2.75, 3.05) is 26.4 Å². The number of nitrogens with one attached hydrogen (secondary N) is 1. The van der Waals surface area contributed by atoms with Gasteiger partial charge in [-0.1, -0.05) is 0 Å². The van der Waals surface area contributed by atoms with Gasteiger partial charge >= 0.3 is 0 Å². The van der Waals surface area contributed by atoms with Crippen molar-refractivity contribution in [3.05, 3.63) is 0 Å². The molecule has 21 heteroatoms. The Labute approximate surface area is 268 Å². The van der Waals surface area contributed by atoms with E-state index < -0.39 is 149 Å². The van der Waals surface area contributed by atoms with Crippen LogP contribution >= 0.6 is 0 Å². The van der Waals surface area contributed by atoms with Crippen molar-refractivity contribution in [2.45, 2.75) is 130 Å². The molecule has 3 aliphatic heterocycles. The van der Waals surface area contributed by atoms with E-state index in [1.165, 1.54) is 6.92 Å². The number of aliphatic hydroxyl groups excluding tert-OH is 13. The maximum atomic E-state index is 12.1. The molecule has 21 nitrogen and oxygen atoms in total. The Morgan fingerprint density at radius 2 is 1.26 bits per heavy atom. The Balaban J connectivity index is 1.92. The SMILES string of the molecule is CC(=O)N[C@H]1[C@H](O[C@@H]([C@@H](O)[C@H](O)CO)[C@@H](O)CO)O[C@H](CO)[C@@H](O[C@@H]2O[C@H](CO)[C@H](O)[C@H](O)[C@H]2O[C@@H]2O[C@@H](C)[C@@H](O)[C@@H](O)[C@@H]2O)[C@@H]1O. The summed E-state index contributed by atoms with van der Waals surface area (Å²) >= 11 is 0. The lowest BCUT2D eigenvalue weighted by atomic mass is 9.94. The fraction of sp³-hybridized carbons (Fsp3) is 0.962. The van der Waals surface area contributed by atoms with Gasteiger partial charge in [-0.05, 0) is 6.92 Å². The number of carbonyl (C=O) groups excluding carboxylic acids is 1. The monoisotopic (exact) mass is 693 g/mol. The van der Waals surface area contributed by atoms with E-state index in [4.69, 9.17) is 28.4 Å². The lowest BCUT2D eigenvalue weighted by Gasteiger charge is -2.49. The van der Waals surface area contributed by atoms with Crippen LogP contribution in [-0.4, -0.2) is 215 Å². The first kappa shape index (κ1) is 40.1. The Kier molecular flexibility index (Phi) is 15.0. The molecule has 0 bridgehead atoms. The van der Waals surface area contributed by atoms with Crippen LogP contribution in [0.5, 0.6) is 0 Å². The molecule has 3 saturated heterocycles.